The average Bonchev–Trinajstić information content (AvgIpc) is 3.32. The van der Waals surface area contributed by atoms with Gasteiger partial charge < -0.3 is 14.6 Å². The second kappa shape index (κ2) is 5.41. The maximum absolute atomic E-state index is 11.0. The Morgan fingerprint density at radius 3 is 2.57 bits per heavy atom. The SMILES string of the molecule is NC(=O)c1coc(-c2csc(-c3coc(-c4cscn4)n3)n2)n1. The predicted octanol–water partition coefficient (Wildman–Crippen LogP) is 2.68. The van der Waals surface area contributed by atoms with Gasteiger partial charge in [-0.1, -0.05) is 0 Å². The van der Waals surface area contributed by atoms with Crippen molar-refractivity contribution in [3.8, 4) is 33.9 Å². The lowest BCUT2D eigenvalue weighted by molar-refractivity contribution is 0.0995. The van der Waals surface area contributed by atoms with Crippen LogP contribution in [0.1, 0.15) is 10.5 Å². The number of oxazole rings is 2. The molecule has 10 heteroatoms. The molecule has 0 atom stereocenters. The van der Waals surface area contributed by atoms with E-state index in [9.17, 15) is 4.79 Å². The van der Waals surface area contributed by atoms with Crippen molar-refractivity contribution in [2.45, 2.75) is 0 Å². The van der Waals surface area contributed by atoms with Crippen LogP contribution in [0.15, 0.2) is 37.6 Å². The molecule has 0 aliphatic carbocycles. The molecule has 4 aromatic rings. The average molecular weight is 345 g/mol. The minimum absolute atomic E-state index is 0.0572. The third-order valence-corrected chi connectivity index (χ3v) is 4.31. The molecule has 0 saturated heterocycles. The standard InChI is InChI=1S/C13H7N5O3S2/c14-10(19)6-1-20-12(16-6)9-4-23-13(18-9)7-2-21-11(17-7)8-3-22-5-15-8/h1-5H,(H2,14,19). The van der Waals surface area contributed by atoms with Gasteiger partial charge >= 0.3 is 0 Å². The predicted molar refractivity (Wildman–Crippen MR) is 82.7 cm³/mol. The molecule has 0 bridgehead atoms. The van der Waals surface area contributed by atoms with Gasteiger partial charge in [0.05, 0.1) is 5.51 Å². The second-order valence-corrected chi connectivity index (χ2v) is 5.93. The molecule has 114 valence electrons. The van der Waals surface area contributed by atoms with Crippen LogP contribution in [0, 0.1) is 0 Å². The van der Waals surface area contributed by atoms with E-state index < -0.39 is 5.91 Å². The summed E-state index contributed by atoms with van der Waals surface area (Å²) in [6.45, 7) is 0. The van der Waals surface area contributed by atoms with E-state index in [2.05, 4.69) is 19.9 Å². The summed E-state index contributed by atoms with van der Waals surface area (Å²) in [7, 11) is 0. The zero-order chi connectivity index (χ0) is 15.8. The highest BCUT2D eigenvalue weighted by Crippen LogP contribution is 2.30. The van der Waals surface area contributed by atoms with Crippen molar-refractivity contribution in [2.24, 2.45) is 5.73 Å². The van der Waals surface area contributed by atoms with Crippen molar-refractivity contribution in [3.05, 3.63) is 34.5 Å². The smallest absolute Gasteiger partial charge is 0.270 e. The molecule has 23 heavy (non-hydrogen) atoms. The number of nitrogens with two attached hydrogens (primary N) is 1. The number of amides is 1. The Labute approximate surface area is 136 Å². The maximum Gasteiger partial charge on any atom is 0.270 e. The van der Waals surface area contributed by atoms with Gasteiger partial charge in [-0.15, -0.1) is 22.7 Å². The van der Waals surface area contributed by atoms with Gasteiger partial charge in [0.15, 0.2) is 5.69 Å². The Hall–Kier alpha value is -2.85. The van der Waals surface area contributed by atoms with Gasteiger partial charge in [0, 0.05) is 10.8 Å². The Morgan fingerprint density at radius 1 is 1.00 bits per heavy atom. The van der Waals surface area contributed by atoms with Crippen LogP contribution in [-0.4, -0.2) is 25.8 Å². The van der Waals surface area contributed by atoms with E-state index in [0.717, 1.165) is 0 Å². The first-order valence-corrected chi connectivity index (χ1v) is 8.08. The molecular weight excluding hydrogens is 338 g/mol. The van der Waals surface area contributed by atoms with Crippen LogP contribution in [0.4, 0.5) is 0 Å². The summed E-state index contributed by atoms with van der Waals surface area (Å²) in [5, 5.41) is 4.24. The van der Waals surface area contributed by atoms with E-state index >= 15 is 0 Å². The molecule has 4 heterocycles. The number of nitrogens with zero attached hydrogens (tertiary/aromatic N) is 4. The molecule has 4 aromatic heterocycles. The lowest BCUT2D eigenvalue weighted by Gasteiger charge is -1.87. The van der Waals surface area contributed by atoms with Crippen molar-refractivity contribution in [2.75, 3.05) is 0 Å². The van der Waals surface area contributed by atoms with E-state index in [1.807, 2.05) is 5.38 Å². The van der Waals surface area contributed by atoms with Crippen molar-refractivity contribution < 1.29 is 13.6 Å². The number of hydrogen-bond donors (Lipinski definition) is 1. The van der Waals surface area contributed by atoms with Gasteiger partial charge in [-0.25, -0.2) is 19.9 Å². The summed E-state index contributed by atoms with van der Waals surface area (Å²) in [5.41, 5.74) is 8.67. The summed E-state index contributed by atoms with van der Waals surface area (Å²) in [4.78, 5) is 27.9. The highest BCUT2D eigenvalue weighted by atomic mass is 32.1. The van der Waals surface area contributed by atoms with Crippen LogP contribution in [0.5, 0.6) is 0 Å². The summed E-state index contributed by atoms with van der Waals surface area (Å²) < 4.78 is 10.6. The third-order valence-electron chi connectivity index (χ3n) is 2.85. The van der Waals surface area contributed by atoms with E-state index in [4.69, 9.17) is 14.6 Å². The van der Waals surface area contributed by atoms with Crippen LogP contribution in [0.2, 0.25) is 0 Å². The number of primary amides is 1. The fourth-order valence-corrected chi connectivity index (χ4v) is 3.07. The fourth-order valence-electron chi connectivity index (χ4n) is 1.80. The Balaban J connectivity index is 1.64. The molecule has 2 N–H and O–H groups in total. The lowest BCUT2D eigenvalue weighted by Crippen LogP contribution is -2.10. The third kappa shape index (κ3) is 2.53. The zero-order valence-electron chi connectivity index (χ0n) is 11.3. The summed E-state index contributed by atoms with van der Waals surface area (Å²) in [5.74, 6) is 0.00881. The molecule has 0 unspecified atom stereocenters. The van der Waals surface area contributed by atoms with Gasteiger partial charge in [0.2, 0.25) is 11.8 Å². The molecule has 0 saturated carbocycles. The first-order valence-electron chi connectivity index (χ1n) is 6.26. The molecule has 0 aromatic carbocycles. The summed E-state index contributed by atoms with van der Waals surface area (Å²) in [6.07, 6.45) is 2.72. The van der Waals surface area contributed by atoms with Crippen LogP contribution < -0.4 is 5.73 Å². The number of thiazole rings is 2. The van der Waals surface area contributed by atoms with E-state index in [0.29, 0.717) is 28.0 Å². The van der Waals surface area contributed by atoms with E-state index in [-0.39, 0.29) is 11.6 Å². The van der Waals surface area contributed by atoms with Crippen LogP contribution >= 0.6 is 22.7 Å². The molecule has 4 rings (SSSR count). The van der Waals surface area contributed by atoms with Gasteiger partial charge in [-0.2, -0.15) is 0 Å². The summed E-state index contributed by atoms with van der Waals surface area (Å²) >= 11 is 2.82. The van der Waals surface area contributed by atoms with Gasteiger partial charge in [-0.05, 0) is 0 Å². The molecule has 8 nitrogen and oxygen atoms in total. The molecule has 0 spiro atoms. The number of hydrogen-bond acceptors (Lipinski definition) is 9. The number of aromatic nitrogens is 4. The monoisotopic (exact) mass is 345 g/mol. The van der Waals surface area contributed by atoms with Gasteiger partial charge in [0.1, 0.15) is 34.6 Å². The number of rotatable bonds is 4. The maximum atomic E-state index is 11.0. The highest BCUT2D eigenvalue weighted by molar-refractivity contribution is 7.13. The van der Waals surface area contributed by atoms with Crippen molar-refractivity contribution >= 4 is 28.6 Å². The fraction of sp³-hybridized carbons (Fsp3) is 0. The van der Waals surface area contributed by atoms with Crippen LogP contribution in [0.3, 0.4) is 0 Å². The Morgan fingerprint density at radius 2 is 1.83 bits per heavy atom. The lowest BCUT2D eigenvalue weighted by atomic mass is 10.4. The molecule has 1 amide bonds. The normalized spacial score (nSPS) is 11.0. The second-order valence-electron chi connectivity index (χ2n) is 4.35. The Bertz CT molecular complexity index is 970. The van der Waals surface area contributed by atoms with E-state index in [1.165, 1.54) is 35.2 Å². The minimum atomic E-state index is -0.653. The van der Waals surface area contributed by atoms with Crippen molar-refractivity contribution in [3.63, 3.8) is 0 Å². The first kappa shape index (κ1) is 13.8. The molecule has 0 fully saturated rings. The molecule has 0 radical (unpaired) electrons. The zero-order valence-corrected chi connectivity index (χ0v) is 12.9. The molecular formula is C13H7N5O3S2. The molecule has 0 aliphatic heterocycles. The van der Waals surface area contributed by atoms with Gasteiger partial charge in [-0.3, -0.25) is 4.79 Å². The van der Waals surface area contributed by atoms with Crippen LogP contribution in [-0.2, 0) is 0 Å². The van der Waals surface area contributed by atoms with E-state index in [1.54, 1.807) is 10.9 Å². The quantitative estimate of drug-likeness (QED) is 0.603. The van der Waals surface area contributed by atoms with Gasteiger partial charge in [0.25, 0.3) is 5.91 Å². The number of carbonyl (C=O) groups excluding carboxylic acids is 1. The largest absolute Gasteiger partial charge is 0.443 e. The topological polar surface area (TPSA) is 121 Å². The molecule has 0 aliphatic rings. The summed E-state index contributed by atoms with van der Waals surface area (Å²) in [6, 6.07) is 0. The van der Waals surface area contributed by atoms with Crippen LogP contribution in [0.25, 0.3) is 33.9 Å². The van der Waals surface area contributed by atoms with Crippen molar-refractivity contribution in [1.82, 2.24) is 19.9 Å². The first-order chi connectivity index (χ1) is 11.2. The van der Waals surface area contributed by atoms with Crippen molar-refractivity contribution in [1.29, 1.82) is 0 Å². The minimum Gasteiger partial charge on any atom is -0.443 e. The highest BCUT2D eigenvalue weighted by Gasteiger charge is 2.17. The number of carbonyl (C=O) groups is 1. The Kier molecular flexibility index (Phi) is 3.24.